The van der Waals surface area contributed by atoms with Crippen LogP contribution >= 0.6 is 0 Å². The Balaban J connectivity index is 1.63. The van der Waals surface area contributed by atoms with Gasteiger partial charge in [0, 0.05) is 25.4 Å². The van der Waals surface area contributed by atoms with Gasteiger partial charge in [-0.15, -0.1) is 0 Å². The number of anilines is 1. The maximum absolute atomic E-state index is 5.94. The molecule has 2 aromatic rings. The lowest BCUT2D eigenvalue weighted by Gasteiger charge is -2.18. The maximum Gasteiger partial charge on any atom is 0.234 e. The van der Waals surface area contributed by atoms with E-state index in [9.17, 15) is 0 Å². The fraction of sp³-hybridized carbons (Fsp3) is 0.400. The second-order valence-electron chi connectivity index (χ2n) is 4.81. The van der Waals surface area contributed by atoms with Crippen molar-refractivity contribution in [3.63, 3.8) is 0 Å². The summed E-state index contributed by atoms with van der Waals surface area (Å²) in [7, 11) is 0. The summed E-state index contributed by atoms with van der Waals surface area (Å²) >= 11 is 0. The van der Waals surface area contributed by atoms with Gasteiger partial charge in [-0.25, -0.2) is 0 Å². The fourth-order valence-electron chi connectivity index (χ4n) is 2.35. The number of ether oxygens (including phenoxy) is 2. The lowest BCUT2D eigenvalue weighted by molar-refractivity contribution is 0.224. The number of hydrogen-bond donors (Lipinski definition) is 0. The van der Waals surface area contributed by atoms with Gasteiger partial charge in [0.05, 0.1) is 25.5 Å². The van der Waals surface area contributed by atoms with E-state index in [1.54, 1.807) is 24.8 Å². The van der Waals surface area contributed by atoms with Gasteiger partial charge in [-0.05, 0) is 19.1 Å². The second-order valence-corrected chi connectivity index (χ2v) is 4.81. The van der Waals surface area contributed by atoms with Crippen LogP contribution in [0.15, 0.2) is 36.9 Å². The number of pyridine rings is 1. The van der Waals surface area contributed by atoms with Crippen molar-refractivity contribution < 1.29 is 9.47 Å². The normalized spacial score (nSPS) is 17.8. The van der Waals surface area contributed by atoms with Crippen LogP contribution in [0.3, 0.4) is 0 Å². The van der Waals surface area contributed by atoms with Crippen molar-refractivity contribution in [2.45, 2.75) is 19.4 Å². The van der Waals surface area contributed by atoms with Gasteiger partial charge in [0.25, 0.3) is 0 Å². The zero-order chi connectivity index (χ0) is 14.5. The van der Waals surface area contributed by atoms with Gasteiger partial charge in [-0.1, -0.05) is 0 Å². The molecule has 1 unspecified atom stereocenters. The van der Waals surface area contributed by atoms with Crippen molar-refractivity contribution in [1.29, 1.82) is 0 Å². The number of aromatic nitrogens is 3. The minimum atomic E-state index is 0.157. The molecule has 110 valence electrons. The van der Waals surface area contributed by atoms with Crippen LogP contribution in [0, 0.1) is 0 Å². The number of hydrogen-bond acceptors (Lipinski definition) is 6. The highest BCUT2D eigenvalue weighted by molar-refractivity contribution is 5.39. The molecule has 2 aromatic heterocycles. The van der Waals surface area contributed by atoms with Crippen molar-refractivity contribution in [3.05, 3.63) is 36.9 Å². The predicted octanol–water partition coefficient (Wildman–Crippen LogP) is 1.93. The molecule has 3 rings (SSSR count). The Kier molecular flexibility index (Phi) is 4.14. The Morgan fingerprint density at radius 3 is 2.90 bits per heavy atom. The lowest BCUT2D eigenvalue weighted by Crippen LogP contribution is -2.25. The topological polar surface area (TPSA) is 60.4 Å². The second kappa shape index (κ2) is 6.39. The van der Waals surface area contributed by atoms with E-state index >= 15 is 0 Å². The lowest BCUT2D eigenvalue weighted by atomic mass is 10.3. The average Bonchev–Trinajstić information content (AvgIpc) is 2.97. The van der Waals surface area contributed by atoms with Gasteiger partial charge >= 0.3 is 0 Å². The molecule has 1 fully saturated rings. The van der Waals surface area contributed by atoms with Crippen molar-refractivity contribution in [2.75, 3.05) is 24.6 Å². The standard InChI is InChI=1S/C15H18N4O2/c1-2-20-15-10-17-9-14(18-15)19-8-5-13(11-19)21-12-3-6-16-7-4-12/h3-4,6-7,9-10,13H,2,5,8,11H2,1H3. The molecule has 0 bridgehead atoms. The third kappa shape index (κ3) is 3.39. The van der Waals surface area contributed by atoms with Crippen molar-refractivity contribution >= 4 is 5.82 Å². The summed E-state index contributed by atoms with van der Waals surface area (Å²) in [6.07, 6.45) is 7.98. The quantitative estimate of drug-likeness (QED) is 0.837. The molecule has 0 radical (unpaired) electrons. The summed E-state index contributed by atoms with van der Waals surface area (Å²) in [6.45, 7) is 4.22. The first-order valence-electron chi connectivity index (χ1n) is 7.11. The molecular formula is C15H18N4O2. The highest BCUT2D eigenvalue weighted by Gasteiger charge is 2.25. The van der Waals surface area contributed by atoms with Gasteiger partial charge < -0.3 is 14.4 Å². The van der Waals surface area contributed by atoms with Gasteiger partial charge in [-0.3, -0.25) is 9.97 Å². The van der Waals surface area contributed by atoms with Crippen LogP contribution in [0.4, 0.5) is 5.82 Å². The van der Waals surface area contributed by atoms with Gasteiger partial charge in [0.2, 0.25) is 5.88 Å². The maximum atomic E-state index is 5.94. The van der Waals surface area contributed by atoms with E-state index in [0.717, 1.165) is 31.1 Å². The first-order valence-corrected chi connectivity index (χ1v) is 7.11. The van der Waals surface area contributed by atoms with E-state index in [0.29, 0.717) is 12.5 Å². The number of rotatable bonds is 5. The Bertz CT molecular complexity index is 579. The van der Waals surface area contributed by atoms with E-state index in [4.69, 9.17) is 9.47 Å². The first kappa shape index (κ1) is 13.6. The molecular weight excluding hydrogens is 268 g/mol. The molecule has 0 amide bonds. The zero-order valence-corrected chi connectivity index (χ0v) is 12.0. The highest BCUT2D eigenvalue weighted by Crippen LogP contribution is 2.22. The summed E-state index contributed by atoms with van der Waals surface area (Å²) in [5, 5.41) is 0. The van der Waals surface area contributed by atoms with Gasteiger partial charge in [0.1, 0.15) is 11.9 Å². The van der Waals surface area contributed by atoms with Crippen LogP contribution in [-0.2, 0) is 0 Å². The van der Waals surface area contributed by atoms with E-state index in [1.807, 2.05) is 19.1 Å². The molecule has 0 saturated carbocycles. The van der Waals surface area contributed by atoms with Crippen LogP contribution < -0.4 is 14.4 Å². The Labute approximate surface area is 123 Å². The SMILES string of the molecule is CCOc1cncc(N2CCC(Oc3ccncc3)C2)n1. The Morgan fingerprint density at radius 2 is 2.10 bits per heavy atom. The summed E-state index contributed by atoms with van der Waals surface area (Å²) in [5.41, 5.74) is 0. The molecule has 0 N–H and O–H groups in total. The minimum Gasteiger partial charge on any atom is -0.488 e. The van der Waals surface area contributed by atoms with E-state index in [2.05, 4.69) is 19.9 Å². The van der Waals surface area contributed by atoms with Crippen LogP contribution in [-0.4, -0.2) is 40.8 Å². The van der Waals surface area contributed by atoms with Crippen LogP contribution in [0.5, 0.6) is 11.6 Å². The predicted molar refractivity (Wildman–Crippen MR) is 78.7 cm³/mol. The summed E-state index contributed by atoms with van der Waals surface area (Å²) in [5.74, 6) is 2.25. The molecule has 21 heavy (non-hydrogen) atoms. The highest BCUT2D eigenvalue weighted by atomic mass is 16.5. The molecule has 0 spiro atoms. The average molecular weight is 286 g/mol. The van der Waals surface area contributed by atoms with E-state index < -0.39 is 0 Å². The molecule has 6 nitrogen and oxygen atoms in total. The first-order chi connectivity index (χ1) is 10.3. The molecule has 1 aliphatic heterocycles. The van der Waals surface area contributed by atoms with Gasteiger partial charge in [-0.2, -0.15) is 4.98 Å². The van der Waals surface area contributed by atoms with Crippen molar-refractivity contribution in [2.24, 2.45) is 0 Å². The molecule has 0 aliphatic carbocycles. The fourth-order valence-corrected chi connectivity index (χ4v) is 2.35. The summed E-state index contributed by atoms with van der Waals surface area (Å²) in [4.78, 5) is 14.8. The van der Waals surface area contributed by atoms with E-state index in [-0.39, 0.29) is 6.10 Å². The number of nitrogens with zero attached hydrogens (tertiary/aromatic N) is 4. The largest absolute Gasteiger partial charge is 0.488 e. The zero-order valence-electron chi connectivity index (χ0n) is 12.0. The van der Waals surface area contributed by atoms with E-state index in [1.165, 1.54) is 0 Å². The summed E-state index contributed by atoms with van der Waals surface area (Å²) < 4.78 is 11.3. The minimum absolute atomic E-state index is 0.157. The molecule has 0 aromatic carbocycles. The van der Waals surface area contributed by atoms with Crippen LogP contribution in [0.25, 0.3) is 0 Å². The van der Waals surface area contributed by atoms with Crippen molar-refractivity contribution in [1.82, 2.24) is 15.0 Å². The van der Waals surface area contributed by atoms with Crippen LogP contribution in [0.1, 0.15) is 13.3 Å². The van der Waals surface area contributed by atoms with Crippen molar-refractivity contribution in [3.8, 4) is 11.6 Å². The monoisotopic (exact) mass is 286 g/mol. The third-order valence-corrected chi connectivity index (χ3v) is 3.31. The third-order valence-electron chi connectivity index (χ3n) is 3.31. The molecule has 1 saturated heterocycles. The summed E-state index contributed by atoms with van der Waals surface area (Å²) in [6, 6.07) is 3.75. The Morgan fingerprint density at radius 1 is 1.24 bits per heavy atom. The molecule has 1 aliphatic rings. The molecule has 6 heteroatoms. The smallest absolute Gasteiger partial charge is 0.234 e. The molecule has 3 heterocycles. The van der Waals surface area contributed by atoms with Crippen LogP contribution in [0.2, 0.25) is 0 Å². The Hall–Kier alpha value is -2.37. The molecule has 1 atom stereocenters. The van der Waals surface area contributed by atoms with Gasteiger partial charge in [0.15, 0.2) is 5.82 Å².